The summed E-state index contributed by atoms with van der Waals surface area (Å²) in [7, 11) is 1.67. The van der Waals surface area contributed by atoms with Gasteiger partial charge in [0.25, 0.3) is 0 Å². The highest BCUT2D eigenvalue weighted by Gasteiger charge is 2.11. The minimum atomic E-state index is 0.171. The van der Waals surface area contributed by atoms with Gasteiger partial charge in [0.05, 0.1) is 7.11 Å². The van der Waals surface area contributed by atoms with Crippen LogP contribution in [0.5, 0.6) is 5.75 Å². The fraction of sp³-hybridized carbons (Fsp3) is 0.385. The number of rotatable bonds is 3. The predicted octanol–water partition coefficient (Wildman–Crippen LogP) is 2.33. The van der Waals surface area contributed by atoms with Crippen molar-refractivity contribution >= 4 is 10.9 Å². The average molecular weight is 219 g/mol. The molecule has 0 aliphatic rings. The van der Waals surface area contributed by atoms with E-state index in [1.54, 1.807) is 7.11 Å². The molecule has 2 rings (SSSR count). The molecule has 0 saturated heterocycles. The first-order valence-electron chi connectivity index (χ1n) is 5.44. The van der Waals surface area contributed by atoms with E-state index in [-0.39, 0.29) is 6.61 Å². The zero-order valence-electron chi connectivity index (χ0n) is 9.92. The summed E-state index contributed by atoms with van der Waals surface area (Å²) in [5.41, 5.74) is 4.61. The number of H-pyrrole nitrogens is 1. The predicted molar refractivity (Wildman–Crippen MR) is 65.1 cm³/mol. The lowest BCUT2D eigenvalue weighted by Crippen LogP contribution is -1.92. The number of aromatic amines is 1. The molecule has 2 aromatic rings. The molecule has 0 bridgehead atoms. The Morgan fingerprint density at radius 1 is 1.31 bits per heavy atom. The van der Waals surface area contributed by atoms with Gasteiger partial charge in [-0.15, -0.1) is 0 Å². The monoisotopic (exact) mass is 219 g/mol. The molecule has 0 spiro atoms. The van der Waals surface area contributed by atoms with Crippen LogP contribution in [0, 0.1) is 13.8 Å². The first-order valence-corrected chi connectivity index (χ1v) is 5.44. The van der Waals surface area contributed by atoms with E-state index in [2.05, 4.69) is 11.9 Å². The van der Waals surface area contributed by atoms with Gasteiger partial charge < -0.3 is 14.8 Å². The van der Waals surface area contributed by atoms with E-state index in [9.17, 15) is 0 Å². The van der Waals surface area contributed by atoms with E-state index in [1.165, 1.54) is 11.1 Å². The Labute approximate surface area is 95.1 Å². The summed E-state index contributed by atoms with van der Waals surface area (Å²) < 4.78 is 5.27. The SMILES string of the molecule is COc1cc(C)c2[nH]c(C)c(CCO)c2c1. The van der Waals surface area contributed by atoms with Crippen molar-refractivity contribution in [3.05, 3.63) is 29.0 Å². The van der Waals surface area contributed by atoms with Gasteiger partial charge in [-0.3, -0.25) is 0 Å². The molecule has 1 aromatic carbocycles. The average Bonchev–Trinajstić information content (AvgIpc) is 2.58. The minimum absolute atomic E-state index is 0.171. The molecular weight excluding hydrogens is 202 g/mol. The first kappa shape index (κ1) is 11.0. The van der Waals surface area contributed by atoms with Crippen molar-refractivity contribution < 1.29 is 9.84 Å². The van der Waals surface area contributed by atoms with Crippen molar-refractivity contribution in [1.29, 1.82) is 0 Å². The van der Waals surface area contributed by atoms with Crippen LogP contribution in [0.25, 0.3) is 10.9 Å². The molecule has 0 aliphatic heterocycles. The van der Waals surface area contributed by atoms with Gasteiger partial charge in [-0.2, -0.15) is 0 Å². The van der Waals surface area contributed by atoms with Crippen LogP contribution in [0.2, 0.25) is 0 Å². The molecule has 0 unspecified atom stereocenters. The van der Waals surface area contributed by atoms with Crippen molar-refractivity contribution in [2.24, 2.45) is 0 Å². The molecule has 1 heterocycles. The summed E-state index contributed by atoms with van der Waals surface area (Å²) in [4.78, 5) is 3.36. The third kappa shape index (κ3) is 1.67. The van der Waals surface area contributed by atoms with E-state index in [0.29, 0.717) is 6.42 Å². The van der Waals surface area contributed by atoms with Crippen molar-refractivity contribution in [2.45, 2.75) is 20.3 Å². The smallest absolute Gasteiger partial charge is 0.119 e. The van der Waals surface area contributed by atoms with Crippen LogP contribution in [-0.4, -0.2) is 23.8 Å². The lowest BCUT2D eigenvalue weighted by Gasteiger charge is -2.04. The second-order valence-corrected chi connectivity index (χ2v) is 4.07. The Bertz CT molecular complexity index is 514. The molecule has 0 fully saturated rings. The minimum Gasteiger partial charge on any atom is -0.497 e. The number of hydrogen-bond acceptors (Lipinski definition) is 2. The fourth-order valence-corrected chi connectivity index (χ4v) is 2.17. The van der Waals surface area contributed by atoms with Crippen molar-refractivity contribution in [3.8, 4) is 5.75 Å². The number of aromatic nitrogens is 1. The Hall–Kier alpha value is -1.48. The quantitative estimate of drug-likeness (QED) is 0.832. The molecule has 0 radical (unpaired) electrons. The molecule has 0 amide bonds. The number of aryl methyl sites for hydroxylation is 2. The number of fused-ring (bicyclic) bond motifs is 1. The molecule has 0 aliphatic carbocycles. The third-order valence-corrected chi connectivity index (χ3v) is 3.00. The highest BCUT2D eigenvalue weighted by Crippen LogP contribution is 2.29. The molecule has 3 nitrogen and oxygen atoms in total. The Kier molecular flexibility index (Phi) is 2.88. The van der Waals surface area contributed by atoms with E-state index in [4.69, 9.17) is 9.84 Å². The van der Waals surface area contributed by atoms with Gasteiger partial charge in [0.2, 0.25) is 0 Å². The van der Waals surface area contributed by atoms with Gasteiger partial charge in [-0.25, -0.2) is 0 Å². The number of benzene rings is 1. The van der Waals surface area contributed by atoms with Crippen molar-refractivity contribution in [1.82, 2.24) is 4.98 Å². The molecular formula is C13H17NO2. The van der Waals surface area contributed by atoms with E-state index < -0.39 is 0 Å². The van der Waals surface area contributed by atoms with Gasteiger partial charge in [0.1, 0.15) is 5.75 Å². The fourth-order valence-electron chi connectivity index (χ4n) is 2.17. The van der Waals surface area contributed by atoms with Gasteiger partial charge in [-0.05, 0) is 43.5 Å². The van der Waals surface area contributed by atoms with E-state index >= 15 is 0 Å². The summed E-state index contributed by atoms with van der Waals surface area (Å²) in [5.74, 6) is 0.864. The number of ether oxygens (including phenoxy) is 1. The van der Waals surface area contributed by atoms with Crippen LogP contribution < -0.4 is 4.74 Å². The largest absolute Gasteiger partial charge is 0.497 e. The first-order chi connectivity index (χ1) is 7.67. The zero-order valence-corrected chi connectivity index (χ0v) is 9.92. The van der Waals surface area contributed by atoms with E-state index in [1.807, 2.05) is 19.1 Å². The van der Waals surface area contributed by atoms with Crippen LogP contribution in [0.3, 0.4) is 0 Å². The molecule has 2 N–H and O–H groups in total. The summed E-state index contributed by atoms with van der Waals surface area (Å²) in [6.45, 7) is 4.27. The van der Waals surface area contributed by atoms with Gasteiger partial charge in [0.15, 0.2) is 0 Å². The summed E-state index contributed by atoms with van der Waals surface area (Å²) in [5, 5.41) is 10.2. The highest BCUT2D eigenvalue weighted by molar-refractivity contribution is 5.88. The number of hydrogen-bond donors (Lipinski definition) is 2. The Morgan fingerprint density at radius 2 is 2.06 bits per heavy atom. The summed E-state index contributed by atoms with van der Waals surface area (Å²) in [6.07, 6.45) is 0.679. The lowest BCUT2D eigenvalue weighted by molar-refractivity contribution is 0.300. The van der Waals surface area contributed by atoms with Crippen molar-refractivity contribution in [3.63, 3.8) is 0 Å². The molecule has 3 heteroatoms. The van der Waals surface area contributed by atoms with Crippen molar-refractivity contribution in [2.75, 3.05) is 13.7 Å². The number of aliphatic hydroxyl groups is 1. The molecule has 86 valence electrons. The highest BCUT2D eigenvalue weighted by atomic mass is 16.5. The molecule has 1 aromatic heterocycles. The molecule has 0 saturated carbocycles. The lowest BCUT2D eigenvalue weighted by atomic mass is 10.1. The maximum absolute atomic E-state index is 9.07. The van der Waals surface area contributed by atoms with Crippen LogP contribution in [-0.2, 0) is 6.42 Å². The zero-order chi connectivity index (χ0) is 11.7. The second-order valence-electron chi connectivity index (χ2n) is 4.07. The number of methoxy groups -OCH3 is 1. The number of aliphatic hydroxyl groups excluding tert-OH is 1. The van der Waals surface area contributed by atoms with Crippen LogP contribution in [0.1, 0.15) is 16.8 Å². The maximum Gasteiger partial charge on any atom is 0.119 e. The Morgan fingerprint density at radius 3 is 2.69 bits per heavy atom. The second kappa shape index (κ2) is 4.18. The van der Waals surface area contributed by atoms with Gasteiger partial charge in [-0.1, -0.05) is 0 Å². The van der Waals surface area contributed by atoms with Crippen LogP contribution in [0.4, 0.5) is 0 Å². The summed E-state index contributed by atoms with van der Waals surface area (Å²) >= 11 is 0. The Balaban J connectivity index is 2.70. The number of nitrogens with one attached hydrogen (secondary N) is 1. The van der Waals surface area contributed by atoms with E-state index in [0.717, 1.165) is 22.3 Å². The summed E-state index contributed by atoms with van der Waals surface area (Å²) in [6, 6.07) is 4.04. The molecule has 0 atom stereocenters. The van der Waals surface area contributed by atoms with Crippen LogP contribution >= 0.6 is 0 Å². The normalized spacial score (nSPS) is 11.0. The van der Waals surface area contributed by atoms with Gasteiger partial charge >= 0.3 is 0 Å². The van der Waals surface area contributed by atoms with Crippen LogP contribution in [0.15, 0.2) is 12.1 Å². The maximum atomic E-state index is 9.07. The third-order valence-electron chi connectivity index (χ3n) is 3.00. The standard InChI is InChI=1S/C13H17NO2/c1-8-6-10(16-3)7-12-11(4-5-15)9(2)14-13(8)12/h6-7,14-15H,4-5H2,1-3H3. The molecule has 16 heavy (non-hydrogen) atoms. The topological polar surface area (TPSA) is 45.2 Å². The van der Waals surface area contributed by atoms with Gasteiger partial charge in [0, 0.05) is 23.2 Å².